The van der Waals surface area contributed by atoms with Gasteiger partial charge < -0.3 is 15.2 Å². The fourth-order valence-corrected chi connectivity index (χ4v) is 2.77. The van der Waals surface area contributed by atoms with E-state index in [-0.39, 0.29) is 5.56 Å². The molecule has 0 aromatic heterocycles. The summed E-state index contributed by atoms with van der Waals surface area (Å²) >= 11 is 0. The second-order valence-electron chi connectivity index (χ2n) is 5.54. The van der Waals surface area contributed by atoms with Crippen molar-refractivity contribution in [3.63, 3.8) is 0 Å². The van der Waals surface area contributed by atoms with Crippen molar-refractivity contribution in [1.82, 2.24) is 5.32 Å². The van der Waals surface area contributed by atoms with Crippen LogP contribution in [0.3, 0.4) is 0 Å². The Morgan fingerprint density at radius 2 is 1.54 bits per heavy atom. The molecule has 128 valence electrons. The van der Waals surface area contributed by atoms with E-state index in [1.807, 2.05) is 0 Å². The number of nitrogens with zero attached hydrogens (tertiary/aromatic N) is 2. The predicted molar refractivity (Wildman–Crippen MR) is 78.0 cm³/mol. The number of carbonyl (C=O) groups is 2. The molecule has 0 radical (unpaired) electrons. The number of benzene rings is 1. The van der Waals surface area contributed by atoms with Crippen molar-refractivity contribution in [2.75, 3.05) is 0 Å². The van der Waals surface area contributed by atoms with Crippen LogP contribution in [0.25, 0.3) is 0 Å². The molecule has 10 heteroatoms. The molecule has 0 aliphatic heterocycles. The van der Waals surface area contributed by atoms with Crippen LogP contribution in [0.15, 0.2) is 18.2 Å². The zero-order valence-corrected chi connectivity index (χ0v) is 12.5. The maximum absolute atomic E-state index is 12.3. The van der Waals surface area contributed by atoms with Crippen molar-refractivity contribution in [3.05, 3.63) is 44.0 Å². The number of non-ortho nitro benzene ring substituents is 2. The van der Waals surface area contributed by atoms with Gasteiger partial charge in [0.05, 0.1) is 21.5 Å². The maximum Gasteiger partial charge on any atom is 0.277 e. The van der Waals surface area contributed by atoms with Crippen molar-refractivity contribution in [1.29, 1.82) is 0 Å². The first-order valence-corrected chi connectivity index (χ1v) is 7.25. The zero-order valence-electron chi connectivity index (χ0n) is 12.5. The largest absolute Gasteiger partial charge is 0.550 e. The lowest BCUT2D eigenvalue weighted by Gasteiger charge is -2.32. The van der Waals surface area contributed by atoms with Gasteiger partial charge in [-0.1, -0.05) is 12.8 Å². The Kier molecular flexibility index (Phi) is 5.07. The number of nitro groups is 2. The molecule has 0 heterocycles. The number of aliphatic carboxylic acids is 1. The summed E-state index contributed by atoms with van der Waals surface area (Å²) in [5.74, 6) is -2.92. The van der Waals surface area contributed by atoms with E-state index in [2.05, 4.69) is 5.32 Å². The number of carboxylic acids is 1. The van der Waals surface area contributed by atoms with E-state index >= 15 is 0 Å². The van der Waals surface area contributed by atoms with Gasteiger partial charge in [-0.2, -0.15) is 0 Å². The number of hydrogen-bond donors (Lipinski definition) is 1. The van der Waals surface area contributed by atoms with Crippen LogP contribution in [0.4, 0.5) is 11.4 Å². The highest BCUT2D eigenvalue weighted by Gasteiger charge is 2.28. The molecule has 1 aromatic carbocycles. The van der Waals surface area contributed by atoms with Crippen LogP contribution in [0.5, 0.6) is 0 Å². The average Bonchev–Trinajstić information content (AvgIpc) is 2.54. The maximum atomic E-state index is 12.3. The molecular formula is C14H14N3O7-. The van der Waals surface area contributed by atoms with Crippen molar-refractivity contribution in [2.45, 2.75) is 31.7 Å². The Balaban J connectivity index is 2.26. The Bertz CT molecular complexity index is 671. The van der Waals surface area contributed by atoms with E-state index in [1.165, 1.54) is 0 Å². The molecule has 1 N–H and O–H groups in total. The molecule has 1 saturated carbocycles. The molecule has 0 bridgehead atoms. The quantitative estimate of drug-likeness (QED) is 0.607. The minimum atomic E-state index is -1.27. The highest BCUT2D eigenvalue weighted by atomic mass is 16.6. The third kappa shape index (κ3) is 3.83. The van der Waals surface area contributed by atoms with E-state index in [1.54, 1.807) is 0 Å². The fraction of sp³-hybridized carbons (Fsp3) is 0.429. The number of amides is 1. The number of hydrogen-bond acceptors (Lipinski definition) is 7. The van der Waals surface area contributed by atoms with E-state index in [0.717, 1.165) is 24.6 Å². The standard InChI is InChI=1S/C14H15N3O7/c18-13(15-12-4-2-1-3-11(12)14(19)20)8-5-9(16(21)22)7-10(6-8)17(23)24/h5-7,11-12H,1-4H2,(H,15,18)(H,19,20)/p-1/t11-,12-/m0/s1. The summed E-state index contributed by atoms with van der Waals surface area (Å²) in [5.41, 5.74) is -1.44. The first kappa shape index (κ1) is 17.3. The van der Waals surface area contributed by atoms with Crippen molar-refractivity contribution < 1.29 is 24.5 Å². The van der Waals surface area contributed by atoms with Gasteiger partial charge in [-0.3, -0.25) is 25.0 Å². The van der Waals surface area contributed by atoms with Crippen LogP contribution in [-0.4, -0.2) is 27.8 Å². The SMILES string of the molecule is O=C(N[C@H]1CCCC[C@@H]1C(=O)[O-])c1cc([N+](=O)[O-])cc([N+](=O)[O-])c1. The molecule has 1 aliphatic rings. The smallest absolute Gasteiger partial charge is 0.277 e. The summed E-state index contributed by atoms with van der Waals surface area (Å²) in [6, 6.07) is 1.91. The van der Waals surface area contributed by atoms with Gasteiger partial charge in [-0.25, -0.2) is 0 Å². The number of nitrogens with one attached hydrogen (secondary N) is 1. The topological polar surface area (TPSA) is 156 Å². The summed E-state index contributed by atoms with van der Waals surface area (Å²) < 4.78 is 0. The summed E-state index contributed by atoms with van der Waals surface area (Å²) in [4.78, 5) is 43.4. The molecule has 1 fully saturated rings. The van der Waals surface area contributed by atoms with Crippen LogP contribution in [0, 0.1) is 26.1 Å². The van der Waals surface area contributed by atoms with Gasteiger partial charge in [0.2, 0.25) is 0 Å². The minimum Gasteiger partial charge on any atom is -0.550 e. The first-order valence-electron chi connectivity index (χ1n) is 7.25. The lowest BCUT2D eigenvalue weighted by molar-refractivity contribution is -0.394. The molecule has 0 saturated heterocycles. The predicted octanol–water partition coefficient (Wildman–Crippen LogP) is 0.541. The minimum absolute atomic E-state index is 0.265. The van der Waals surface area contributed by atoms with Crippen molar-refractivity contribution in [2.24, 2.45) is 5.92 Å². The third-order valence-corrected chi connectivity index (χ3v) is 3.97. The van der Waals surface area contributed by atoms with E-state index in [9.17, 15) is 34.9 Å². The Hall–Kier alpha value is -3.04. The number of carbonyl (C=O) groups excluding carboxylic acids is 2. The monoisotopic (exact) mass is 336 g/mol. The Morgan fingerprint density at radius 3 is 2.04 bits per heavy atom. The number of carboxylic acid groups (broad SMARTS) is 1. The Morgan fingerprint density at radius 1 is 1.00 bits per heavy atom. The van der Waals surface area contributed by atoms with Gasteiger partial charge in [0.25, 0.3) is 17.3 Å². The molecule has 10 nitrogen and oxygen atoms in total. The lowest BCUT2D eigenvalue weighted by atomic mass is 9.84. The molecule has 24 heavy (non-hydrogen) atoms. The highest BCUT2D eigenvalue weighted by molar-refractivity contribution is 5.96. The summed E-state index contributed by atoms with van der Waals surface area (Å²) in [6.45, 7) is 0. The van der Waals surface area contributed by atoms with Crippen LogP contribution in [0.2, 0.25) is 0 Å². The second kappa shape index (κ2) is 7.02. The summed E-state index contributed by atoms with van der Waals surface area (Å²) in [7, 11) is 0. The van der Waals surface area contributed by atoms with Crippen molar-refractivity contribution >= 4 is 23.3 Å². The number of nitro benzene ring substituents is 2. The lowest BCUT2D eigenvalue weighted by Crippen LogP contribution is -2.49. The molecule has 1 aromatic rings. The van der Waals surface area contributed by atoms with Gasteiger partial charge in [0, 0.05) is 30.1 Å². The molecule has 2 rings (SSSR count). The molecule has 2 atom stereocenters. The van der Waals surface area contributed by atoms with Crippen LogP contribution < -0.4 is 10.4 Å². The molecule has 0 unspecified atom stereocenters. The van der Waals surface area contributed by atoms with Crippen LogP contribution >= 0.6 is 0 Å². The van der Waals surface area contributed by atoms with Crippen molar-refractivity contribution in [3.8, 4) is 0 Å². The fourth-order valence-electron chi connectivity index (χ4n) is 2.77. The highest BCUT2D eigenvalue weighted by Crippen LogP contribution is 2.26. The van der Waals surface area contributed by atoms with E-state index in [0.29, 0.717) is 19.3 Å². The first-order chi connectivity index (χ1) is 11.3. The van der Waals surface area contributed by atoms with Gasteiger partial charge in [0.15, 0.2) is 0 Å². The van der Waals surface area contributed by atoms with Crippen LogP contribution in [-0.2, 0) is 4.79 Å². The number of rotatable bonds is 5. The second-order valence-corrected chi connectivity index (χ2v) is 5.54. The molecule has 1 aliphatic carbocycles. The normalized spacial score (nSPS) is 20.2. The van der Waals surface area contributed by atoms with Gasteiger partial charge >= 0.3 is 0 Å². The summed E-state index contributed by atoms with van der Waals surface area (Å²) in [5, 5.41) is 35.3. The average molecular weight is 336 g/mol. The van der Waals surface area contributed by atoms with E-state index < -0.39 is 45.1 Å². The van der Waals surface area contributed by atoms with Gasteiger partial charge in [-0.05, 0) is 12.8 Å². The zero-order chi connectivity index (χ0) is 17.9. The van der Waals surface area contributed by atoms with Gasteiger partial charge in [0.1, 0.15) is 0 Å². The van der Waals surface area contributed by atoms with Gasteiger partial charge in [-0.15, -0.1) is 0 Å². The van der Waals surface area contributed by atoms with E-state index in [4.69, 9.17) is 0 Å². The molecular weight excluding hydrogens is 322 g/mol. The molecule has 0 spiro atoms. The Labute approximate surface area is 135 Å². The third-order valence-electron chi connectivity index (χ3n) is 3.97. The van der Waals surface area contributed by atoms with Crippen LogP contribution in [0.1, 0.15) is 36.0 Å². The summed E-state index contributed by atoms with van der Waals surface area (Å²) in [6.07, 6.45) is 2.22. The molecule has 1 amide bonds.